The molecule has 26 heavy (non-hydrogen) atoms. The van der Waals surface area contributed by atoms with E-state index in [-0.39, 0.29) is 16.8 Å². The second-order valence-corrected chi connectivity index (χ2v) is 8.06. The van der Waals surface area contributed by atoms with Gasteiger partial charge in [0.05, 0.1) is 4.90 Å². The van der Waals surface area contributed by atoms with Gasteiger partial charge in [-0.2, -0.15) is 0 Å². The molecule has 4 N–H and O–H groups in total. The summed E-state index contributed by atoms with van der Waals surface area (Å²) in [6.45, 7) is 5.94. The lowest BCUT2D eigenvalue weighted by molar-refractivity contribution is -0.123. The van der Waals surface area contributed by atoms with E-state index in [2.05, 4.69) is 10.6 Å². The van der Waals surface area contributed by atoms with Gasteiger partial charge in [0.25, 0.3) is 0 Å². The van der Waals surface area contributed by atoms with Crippen LogP contribution in [0.15, 0.2) is 53.4 Å². The molecule has 2 rings (SSSR count). The third-order valence-corrected chi connectivity index (χ3v) is 4.95. The highest BCUT2D eigenvalue weighted by Gasteiger charge is 2.20. The fraction of sp³-hybridized carbons (Fsp3) is 0.316. The highest BCUT2D eigenvalue weighted by atomic mass is 32.2. The van der Waals surface area contributed by atoms with Crippen LogP contribution in [0.3, 0.4) is 0 Å². The molecule has 0 radical (unpaired) electrons. The first kappa shape index (κ1) is 20.1. The van der Waals surface area contributed by atoms with Crippen LogP contribution in [-0.4, -0.2) is 20.4 Å². The van der Waals surface area contributed by atoms with Crippen LogP contribution in [0.5, 0.6) is 0 Å². The molecule has 0 saturated carbocycles. The minimum atomic E-state index is -3.74. The summed E-state index contributed by atoms with van der Waals surface area (Å²) < 4.78 is 23.0. The second kappa shape index (κ2) is 8.44. The first-order valence-corrected chi connectivity index (χ1v) is 9.94. The zero-order valence-corrected chi connectivity index (χ0v) is 16.0. The molecule has 1 unspecified atom stereocenters. The Hall–Kier alpha value is -2.22. The van der Waals surface area contributed by atoms with Gasteiger partial charge in [-0.1, -0.05) is 42.5 Å². The van der Waals surface area contributed by atoms with E-state index in [0.29, 0.717) is 12.1 Å². The third kappa shape index (κ3) is 5.39. The number of primary sulfonamides is 1. The lowest BCUT2D eigenvalue weighted by Crippen LogP contribution is -2.40. The summed E-state index contributed by atoms with van der Waals surface area (Å²) in [5, 5.41) is 11.4. The number of rotatable bonds is 7. The van der Waals surface area contributed by atoms with Crippen LogP contribution in [0.2, 0.25) is 0 Å². The van der Waals surface area contributed by atoms with Crippen molar-refractivity contribution in [3.63, 3.8) is 0 Å². The molecule has 0 aliphatic carbocycles. The van der Waals surface area contributed by atoms with Gasteiger partial charge in [0, 0.05) is 12.6 Å². The molecule has 0 aromatic heterocycles. The van der Waals surface area contributed by atoms with Crippen molar-refractivity contribution in [2.24, 2.45) is 5.14 Å². The van der Waals surface area contributed by atoms with Crippen LogP contribution in [0.25, 0.3) is 0 Å². The summed E-state index contributed by atoms with van der Waals surface area (Å²) in [5.74, 6) is -0.107. The van der Waals surface area contributed by atoms with Gasteiger partial charge in [-0.15, -0.1) is 0 Å². The topological polar surface area (TPSA) is 101 Å². The summed E-state index contributed by atoms with van der Waals surface area (Å²) >= 11 is 0. The molecule has 0 aliphatic heterocycles. The summed E-state index contributed by atoms with van der Waals surface area (Å²) in [4.78, 5) is 12.7. The number of hydrogen-bond donors (Lipinski definition) is 3. The number of sulfonamides is 1. The molecule has 1 amide bonds. The number of amides is 1. The standard InChI is InChI=1S/C19H25N3O3S/c1-13(2)22-19(23)18(16-7-5-4-6-8-16)21-12-15-9-10-17(14(3)11-15)26(20,24)25/h4-11,13,18,21H,12H2,1-3H3,(H,22,23)(H2,20,24,25). The number of nitrogens with two attached hydrogens (primary N) is 1. The molecule has 0 saturated heterocycles. The average Bonchev–Trinajstić information content (AvgIpc) is 2.54. The molecule has 0 aliphatic rings. The van der Waals surface area contributed by atoms with Crippen molar-refractivity contribution in [2.75, 3.05) is 0 Å². The first-order valence-electron chi connectivity index (χ1n) is 8.39. The fourth-order valence-electron chi connectivity index (χ4n) is 2.74. The van der Waals surface area contributed by atoms with Crippen molar-refractivity contribution in [1.82, 2.24) is 10.6 Å². The molecule has 140 valence electrons. The second-order valence-electron chi connectivity index (χ2n) is 6.53. The lowest BCUT2D eigenvalue weighted by Gasteiger charge is -2.20. The number of carbonyl (C=O) groups excluding carboxylic acids is 1. The predicted octanol–water partition coefficient (Wildman–Crippen LogP) is 2.00. The van der Waals surface area contributed by atoms with Crippen molar-refractivity contribution in [3.8, 4) is 0 Å². The van der Waals surface area contributed by atoms with Crippen molar-refractivity contribution in [1.29, 1.82) is 0 Å². The minimum absolute atomic E-state index is 0.0341. The molecule has 2 aromatic carbocycles. The predicted molar refractivity (Wildman–Crippen MR) is 102 cm³/mol. The zero-order chi connectivity index (χ0) is 19.3. The quantitative estimate of drug-likeness (QED) is 0.689. The maximum Gasteiger partial charge on any atom is 0.241 e. The molecule has 0 bridgehead atoms. The normalized spacial score (nSPS) is 12.8. The average molecular weight is 375 g/mol. The number of nitrogens with one attached hydrogen (secondary N) is 2. The Balaban J connectivity index is 2.19. The van der Waals surface area contributed by atoms with Crippen LogP contribution >= 0.6 is 0 Å². The van der Waals surface area contributed by atoms with Crippen LogP contribution in [0, 0.1) is 6.92 Å². The maximum absolute atomic E-state index is 12.6. The van der Waals surface area contributed by atoms with Crippen molar-refractivity contribution >= 4 is 15.9 Å². The molecule has 0 spiro atoms. The monoisotopic (exact) mass is 375 g/mol. The number of hydrogen-bond acceptors (Lipinski definition) is 4. The molecular formula is C19H25N3O3S. The van der Waals surface area contributed by atoms with E-state index in [1.165, 1.54) is 6.07 Å². The number of carbonyl (C=O) groups is 1. The summed E-state index contributed by atoms with van der Waals surface area (Å²) in [7, 11) is -3.74. The van der Waals surface area contributed by atoms with E-state index in [9.17, 15) is 13.2 Å². The fourth-order valence-corrected chi connectivity index (χ4v) is 3.50. The van der Waals surface area contributed by atoms with E-state index in [1.807, 2.05) is 44.2 Å². The van der Waals surface area contributed by atoms with Gasteiger partial charge in [-0.3, -0.25) is 10.1 Å². The molecule has 6 nitrogen and oxygen atoms in total. The van der Waals surface area contributed by atoms with Crippen LogP contribution in [0.4, 0.5) is 0 Å². The van der Waals surface area contributed by atoms with Crippen molar-refractivity contribution in [3.05, 3.63) is 65.2 Å². The summed E-state index contributed by atoms with van der Waals surface area (Å²) in [6.07, 6.45) is 0. The molecule has 0 heterocycles. The van der Waals surface area contributed by atoms with Gasteiger partial charge in [0.1, 0.15) is 6.04 Å². The SMILES string of the molecule is Cc1cc(CNC(C(=O)NC(C)C)c2ccccc2)ccc1S(N)(=O)=O. The van der Waals surface area contributed by atoms with E-state index in [1.54, 1.807) is 19.1 Å². The third-order valence-electron chi connectivity index (χ3n) is 3.88. The number of benzene rings is 2. The van der Waals surface area contributed by atoms with E-state index in [4.69, 9.17) is 5.14 Å². The van der Waals surface area contributed by atoms with Crippen LogP contribution < -0.4 is 15.8 Å². The Labute approximate surface area is 154 Å². The van der Waals surface area contributed by atoms with E-state index < -0.39 is 16.1 Å². The van der Waals surface area contributed by atoms with Gasteiger partial charge in [0.2, 0.25) is 15.9 Å². The van der Waals surface area contributed by atoms with Crippen LogP contribution in [0.1, 0.15) is 36.6 Å². The van der Waals surface area contributed by atoms with Gasteiger partial charge in [0.15, 0.2) is 0 Å². The van der Waals surface area contributed by atoms with E-state index in [0.717, 1.165) is 11.1 Å². The van der Waals surface area contributed by atoms with E-state index >= 15 is 0 Å². The Morgan fingerprint density at radius 3 is 2.31 bits per heavy atom. The van der Waals surface area contributed by atoms with Gasteiger partial charge >= 0.3 is 0 Å². The maximum atomic E-state index is 12.6. The molecule has 2 aromatic rings. The van der Waals surface area contributed by atoms with Crippen LogP contribution in [-0.2, 0) is 21.4 Å². The largest absolute Gasteiger partial charge is 0.352 e. The molecule has 1 atom stereocenters. The summed E-state index contributed by atoms with van der Waals surface area (Å²) in [5.41, 5.74) is 2.31. The molecular weight excluding hydrogens is 350 g/mol. The highest BCUT2D eigenvalue weighted by Crippen LogP contribution is 2.18. The van der Waals surface area contributed by atoms with Gasteiger partial charge < -0.3 is 5.32 Å². The zero-order valence-electron chi connectivity index (χ0n) is 15.2. The first-order chi connectivity index (χ1) is 12.2. The Bertz CT molecular complexity index is 865. The van der Waals surface area contributed by atoms with Crippen molar-refractivity contribution < 1.29 is 13.2 Å². The van der Waals surface area contributed by atoms with Gasteiger partial charge in [-0.25, -0.2) is 13.6 Å². The number of aryl methyl sites for hydroxylation is 1. The lowest BCUT2D eigenvalue weighted by atomic mass is 10.0. The smallest absolute Gasteiger partial charge is 0.241 e. The highest BCUT2D eigenvalue weighted by molar-refractivity contribution is 7.89. The Morgan fingerprint density at radius 1 is 1.12 bits per heavy atom. The minimum Gasteiger partial charge on any atom is -0.352 e. The van der Waals surface area contributed by atoms with Gasteiger partial charge in [-0.05, 0) is 43.5 Å². The van der Waals surface area contributed by atoms with Crippen molar-refractivity contribution in [2.45, 2.75) is 44.3 Å². The Morgan fingerprint density at radius 2 is 1.77 bits per heavy atom. The molecule has 7 heteroatoms. The summed E-state index contributed by atoms with van der Waals surface area (Å²) in [6, 6.07) is 13.9. The molecule has 0 fully saturated rings. The Kier molecular flexibility index (Phi) is 6.52.